The van der Waals surface area contributed by atoms with E-state index >= 15 is 0 Å². The van der Waals surface area contributed by atoms with Gasteiger partial charge in [-0.2, -0.15) is 4.98 Å². The van der Waals surface area contributed by atoms with Gasteiger partial charge in [0, 0.05) is 17.8 Å². The minimum absolute atomic E-state index is 0.227. The molecule has 0 N–H and O–H groups in total. The average molecular weight is 403 g/mol. The molecule has 1 atom stereocenters. The van der Waals surface area contributed by atoms with Crippen LogP contribution in [0.1, 0.15) is 0 Å². The van der Waals surface area contributed by atoms with Gasteiger partial charge in [-0.3, -0.25) is 9.36 Å². The molecule has 0 aliphatic carbocycles. The molecule has 5 rings (SSSR count). The zero-order chi connectivity index (χ0) is 19.6. The van der Waals surface area contributed by atoms with E-state index in [2.05, 4.69) is 4.98 Å². The topological polar surface area (TPSA) is 66.2 Å². The Bertz CT molecular complexity index is 1190. The van der Waals surface area contributed by atoms with Crippen LogP contribution in [0.5, 0.6) is 11.9 Å². The van der Waals surface area contributed by atoms with Crippen molar-refractivity contribution in [1.82, 2.24) is 14.5 Å². The SMILES string of the molecule is O=c1ccn2c(n1)O[C@H](COc1nc(-c3ccccc3)sc1-c1ccccc1)C2. The highest BCUT2D eigenvalue weighted by atomic mass is 32.1. The van der Waals surface area contributed by atoms with E-state index in [0.717, 1.165) is 21.0 Å². The number of hydrogen-bond donors (Lipinski definition) is 0. The summed E-state index contributed by atoms with van der Waals surface area (Å²) >= 11 is 1.60. The maximum Gasteiger partial charge on any atom is 0.300 e. The van der Waals surface area contributed by atoms with Gasteiger partial charge >= 0.3 is 0 Å². The molecule has 0 amide bonds. The molecule has 144 valence electrons. The third kappa shape index (κ3) is 3.64. The van der Waals surface area contributed by atoms with Crippen molar-refractivity contribution >= 4 is 11.3 Å². The Labute approximate surface area is 171 Å². The largest absolute Gasteiger partial charge is 0.473 e. The van der Waals surface area contributed by atoms with Crippen LogP contribution in [0.4, 0.5) is 0 Å². The normalized spacial score (nSPS) is 15.0. The van der Waals surface area contributed by atoms with Crippen LogP contribution in [0.2, 0.25) is 0 Å². The van der Waals surface area contributed by atoms with Crippen LogP contribution in [0, 0.1) is 0 Å². The summed E-state index contributed by atoms with van der Waals surface area (Å²) in [6.07, 6.45) is 1.46. The van der Waals surface area contributed by atoms with E-state index in [1.54, 1.807) is 17.5 Å². The number of hydrogen-bond acceptors (Lipinski definition) is 6. The van der Waals surface area contributed by atoms with E-state index < -0.39 is 0 Å². The first-order chi connectivity index (χ1) is 14.3. The number of aromatic nitrogens is 3. The number of thiazole rings is 1. The van der Waals surface area contributed by atoms with E-state index in [4.69, 9.17) is 14.5 Å². The molecule has 0 fully saturated rings. The van der Waals surface area contributed by atoms with Gasteiger partial charge in [-0.1, -0.05) is 60.7 Å². The Morgan fingerprint density at radius 1 is 1.00 bits per heavy atom. The second-order valence-corrected chi connectivity index (χ2v) is 7.64. The van der Waals surface area contributed by atoms with Crippen LogP contribution in [0.25, 0.3) is 21.0 Å². The van der Waals surface area contributed by atoms with Gasteiger partial charge in [0.25, 0.3) is 11.6 Å². The van der Waals surface area contributed by atoms with E-state index in [9.17, 15) is 4.79 Å². The molecule has 6 nitrogen and oxygen atoms in total. The quantitative estimate of drug-likeness (QED) is 0.506. The minimum atomic E-state index is -0.309. The summed E-state index contributed by atoms with van der Waals surface area (Å²) < 4.78 is 13.7. The summed E-state index contributed by atoms with van der Waals surface area (Å²) in [5, 5.41) is 0.905. The number of fused-ring (bicyclic) bond motifs is 1. The summed E-state index contributed by atoms with van der Waals surface area (Å²) in [5.41, 5.74) is 1.80. The lowest BCUT2D eigenvalue weighted by Crippen LogP contribution is -2.23. The second-order valence-electron chi connectivity index (χ2n) is 6.64. The standard InChI is InChI=1S/C22H17N3O3S/c26-18-11-12-25-13-17(28-22(25)23-18)14-27-20-19(15-7-3-1-4-8-15)29-21(24-20)16-9-5-2-6-10-16/h1-12,17H,13-14H2/t17-/m0/s1. The summed E-state index contributed by atoms with van der Waals surface area (Å²) in [7, 11) is 0. The van der Waals surface area contributed by atoms with Gasteiger partial charge in [0.1, 0.15) is 11.6 Å². The lowest BCUT2D eigenvalue weighted by atomic mass is 10.2. The molecule has 0 radical (unpaired) electrons. The van der Waals surface area contributed by atoms with E-state index in [0.29, 0.717) is 25.0 Å². The summed E-state index contributed by atoms with van der Waals surface area (Å²) in [5.74, 6) is 0.585. The molecule has 1 aliphatic rings. The molecule has 0 bridgehead atoms. The number of rotatable bonds is 5. The molecule has 0 saturated carbocycles. The predicted molar refractivity (Wildman–Crippen MR) is 111 cm³/mol. The zero-order valence-corrected chi connectivity index (χ0v) is 16.2. The molecule has 4 aromatic rings. The Balaban J connectivity index is 1.40. The number of benzene rings is 2. The Hall–Kier alpha value is -3.45. The van der Waals surface area contributed by atoms with Crippen molar-refractivity contribution in [3.8, 4) is 32.9 Å². The third-order valence-corrected chi connectivity index (χ3v) is 5.71. The molecule has 0 unspecified atom stereocenters. The van der Waals surface area contributed by atoms with Gasteiger partial charge in [0.15, 0.2) is 6.10 Å². The number of ether oxygens (including phenoxy) is 2. The van der Waals surface area contributed by atoms with Crippen LogP contribution in [0.15, 0.2) is 77.7 Å². The van der Waals surface area contributed by atoms with Crippen molar-refractivity contribution in [2.45, 2.75) is 12.6 Å². The number of nitrogens with zero attached hydrogens (tertiary/aromatic N) is 3. The summed E-state index contributed by atoms with van der Waals surface area (Å²) in [6, 6.07) is 21.9. The molecule has 1 aliphatic heterocycles. The second kappa shape index (κ2) is 7.52. The van der Waals surface area contributed by atoms with Crippen molar-refractivity contribution in [1.29, 1.82) is 0 Å². The highest BCUT2D eigenvalue weighted by Crippen LogP contribution is 2.40. The highest BCUT2D eigenvalue weighted by molar-refractivity contribution is 7.18. The molecule has 29 heavy (non-hydrogen) atoms. The molecule has 0 saturated heterocycles. The molecule has 0 spiro atoms. The van der Waals surface area contributed by atoms with E-state index in [1.165, 1.54) is 6.07 Å². The Morgan fingerprint density at radius 3 is 2.48 bits per heavy atom. The molecule has 7 heteroatoms. The zero-order valence-electron chi connectivity index (χ0n) is 15.4. The first-order valence-corrected chi connectivity index (χ1v) is 10.1. The maximum absolute atomic E-state index is 11.4. The van der Waals surface area contributed by atoms with Crippen LogP contribution in [-0.2, 0) is 6.54 Å². The van der Waals surface area contributed by atoms with Crippen LogP contribution in [-0.4, -0.2) is 27.2 Å². The molecule has 2 aromatic heterocycles. The molecular weight excluding hydrogens is 386 g/mol. The van der Waals surface area contributed by atoms with Crippen molar-refractivity contribution < 1.29 is 9.47 Å². The van der Waals surface area contributed by atoms with Gasteiger partial charge in [-0.15, -0.1) is 11.3 Å². The minimum Gasteiger partial charge on any atom is -0.473 e. The van der Waals surface area contributed by atoms with Crippen molar-refractivity contribution in [3.63, 3.8) is 0 Å². The monoisotopic (exact) mass is 403 g/mol. The fourth-order valence-corrected chi connectivity index (χ4v) is 4.21. The van der Waals surface area contributed by atoms with Crippen LogP contribution >= 0.6 is 11.3 Å². The van der Waals surface area contributed by atoms with Crippen LogP contribution in [0.3, 0.4) is 0 Å². The van der Waals surface area contributed by atoms with Gasteiger partial charge in [0.05, 0.1) is 11.4 Å². The van der Waals surface area contributed by atoms with Gasteiger partial charge in [-0.25, -0.2) is 4.98 Å². The van der Waals surface area contributed by atoms with Crippen molar-refractivity contribution in [3.05, 3.63) is 83.3 Å². The summed E-state index contributed by atoms with van der Waals surface area (Å²) in [6.45, 7) is 0.897. The van der Waals surface area contributed by atoms with Crippen LogP contribution < -0.4 is 15.0 Å². The van der Waals surface area contributed by atoms with E-state index in [-0.39, 0.29) is 11.7 Å². The molecular formula is C22H17N3O3S. The fourth-order valence-electron chi connectivity index (χ4n) is 3.19. The predicted octanol–water partition coefficient (Wildman–Crippen LogP) is 3.87. The van der Waals surface area contributed by atoms with Crippen molar-refractivity contribution in [2.75, 3.05) is 6.61 Å². The van der Waals surface area contributed by atoms with Crippen molar-refractivity contribution in [2.24, 2.45) is 0 Å². The van der Waals surface area contributed by atoms with E-state index in [1.807, 2.05) is 65.2 Å². The highest BCUT2D eigenvalue weighted by Gasteiger charge is 2.25. The first-order valence-electron chi connectivity index (χ1n) is 9.25. The molecule has 2 aromatic carbocycles. The Kier molecular flexibility index (Phi) is 4.57. The van der Waals surface area contributed by atoms with Gasteiger partial charge in [-0.05, 0) is 5.56 Å². The lowest BCUT2D eigenvalue weighted by molar-refractivity contribution is 0.141. The van der Waals surface area contributed by atoms with Gasteiger partial charge < -0.3 is 9.47 Å². The fraction of sp³-hybridized carbons (Fsp3) is 0.136. The Morgan fingerprint density at radius 2 is 1.72 bits per heavy atom. The molecule has 3 heterocycles. The smallest absolute Gasteiger partial charge is 0.300 e. The first kappa shape index (κ1) is 17.6. The third-order valence-electron chi connectivity index (χ3n) is 4.58. The maximum atomic E-state index is 11.4. The average Bonchev–Trinajstić information content (AvgIpc) is 3.37. The van der Waals surface area contributed by atoms with Gasteiger partial charge in [0.2, 0.25) is 5.88 Å². The lowest BCUT2D eigenvalue weighted by Gasteiger charge is -2.10. The summed E-state index contributed by atoms with van der Waals surface area (Å²) in [4.78, 5) is 21.0.